The quantitative estimate of drug-likeness (QED) is 0.490. The zero-order chi connectivity index (χ0) is 20.8. The Bertz CT molecular complexity index is 959. The smallest absolute Gasteiger partial charge is 0.228 e. The van der Waals surface area contributed by atoms with E-state index in [2.05, 4.69) is 51.2 Å². The first-order valence-electron chi connectivity index (χ1n) is 10.6. The standard InChI is InChI=1S/C25H31N3O/c1-5-7-11-20(6-2)25(29)26-24-17-22(21-12-9-8-10-13-21)27-28(24)23-15-14-18(3)16-19(23)4/h8-10,12-17,20H,5-7,11H2,1-4H3,(H,26,29). The fourth-order valence-electron chi connectivity index (χ4n) is 3.65. The second-order valence-electron chi connectivity index (χ2n) is 7.72. The van der Waals surface area contributed by atoms with Crippen LogP contribution in [0.1, 0.15) is 50.7 Å². The van der Waals surface area contributed by atoms with E-state index in [1.165, 1.54) is 5.56 Å². The summed E-state index contributed by atoms with van der Waals surface area (Å²) < 4.78 is 1.86. The number of rotatable bonds is 8. The molecule has 3 aromatic rings. The maximum atomic E-state index is 13.0. The number of amides is 1. The molecule has 0 radical (unpaired) electrons. The number of aryl methyl sites for hydroxylation is 2. The summed E-state index contributed by atoms with van der Waals surface area (Å²) in [6.07, 6.45) is 3.93. The average molecular weight is 390 g/mol. The SMILES string of the molecule is CCCCC(CC)C(=O)Nc1cc(-c2ccccc2)nn1-c1ccc(C)cc1C. The largest absolute Gasteiger partial charge is 0.310 e. The monoisotopic (exact) mass is 389 g/mol. The molecule has 0 bridgehead atoms. The van der Waals surface area contributed by atoms with Crippen LogP contribution in [0.5, 0.6) is 0 Å². The van der Waals surface area contributed by atoms with Crippen LogP contribution in [-0.2, 0) is 4.79 Å². The molecule has 1 aromatic heterocycles. The van der Waals surface area contributed by atoms with Crippen molar-refractivity contribution in [2.75, 3.05) is 5.32 Å². The van der Waals surface area contributed by atoms with Gasteiger partial charge in [-0.1, -0.05) is 74.7 Å². The van der Waals surface area contributed by atoms with Crippen molar-refractivity contribution in [3.8, 4) is 16.9 Å². The van der Waals surface area contributed by atoms with Gasteiger partial charge in [-0.15, -0.1) is 0 Å². The van der Waals surface area contributed by atoms with Crippen molar-refractivity contribution in [3.63, 3.8) is 0 Å². The third-order valence-corrected chi connectivity index (χ3v) is 5.38. The maximum Gasteiger partial charge on any atom is 0.228 e. The third-order valence-electron chi connectivity index (χ3n) is 5.38. The van der Waals surface area contributed by atoms with E-state index in [-0.39, 0.29) is 11.8 Å². The Morgan fingerprint density at radius 1 is 1.07 bits per heavy atom. The van der Waals surface area contributed by atoms with E-state index < -0.39 is 0 Å². The molecule has 2 aromatic carbocycles. The number of carbonyl (C=O) groups excluding carboxylic acids is 1. The van der Waals surface area contributed by atoms with Crippen LogP contribution in [0.25, 0.3) is 16.9 Å². The van der Waals surface area contributed by atoms with Gasteiger partial charge in [0.05, 0.1) is 11.4 Å². The van der Waals surface area contributed by atoms with E-state index in [0.29, 0.717) is 0 Å². The highest BCUT2D eigenvalue weighted by Gasteiger charge is 2.20. The first kappa shape index (κ1) is 20.8. The molecule has 4 nitrogen and oxygen atoms in total. The van der Waals surface area contributed by atoms with Gasteiger partial charge in [0, 0.05) is 17.5 Å². The van der Waals surface area contributed by atoms with Crippen molar-refractivity contribution >= 4 is 11.7 Å². The minimum absolute atomic E-state index is 0.0255. The lowest BCUT2D eigenvalue weighted by atomic mass is 9.98. The van der Waals surface area contributed by atoms with Crippen molar-refractivity contribution in [1.29, 1.82) is 0 Å². The van der Waals surface area contributed by atoms with E-state index in [4.69, 9.17) is 5.10 Å². The molecule has 0 spiro atoms. The highest BCUT2D eigenvalue weighted by atomic mass is 16.2. The number of nitrogens with one attached hydrogen (secondary N) is 1. The van der Waals surface area contributed by atoms with Crippen LogP contribution in [0.2, 0.25) is 0 Å². The van der Waals surface area contributed by atoms with E-state index in [1.54, 1.807) is 0 Å². The molecule has 4 heteroatoms. The molecule has 0 fully saturated rings. The summed E-state index contributed by atoms with van der Waals surface area (Å²) in [5.74, 6) is 0.819. The zero-order valence-corrected chi connectivity index (χ0v) is 17.9. The van der Waals surface area contributed by atoms with Crippen molar-refractivity contribution < 1.29 is 4.79 Å². The Labute approximate surface area is 174 Å². The molecule has 0 saturated heterocycles. The molecule has 1 atom stereocenters. The van der Waals surface area contributed by atoms with Crippen molar-refractivity contribution in [2.24, 2.45) is 5.92 Å². The number of unbranched alkanes of at least 4 members (excludes halogenated alkanes) is 1. The Balaban J connectivity index is 2.00. The number of aromatic nitrogens is 2. The number of anilines is 1. The zero-order valence-electron chi connectivity index (χ0n) is 17.9. The van der Waals surface area contributed by atoms with Gasteiger partial charge in [-0.3, -0.25) is 4.79 Å². The first-order chi connectivity index (χ1) is 14.0. The third kappa shape index (κ3) is 4.94. The normalized spacial score (nSPS) is 12.0. The molecule has 1 unspecified atom stereocenters. The van der Waals surface area contributed by atoms with E-state index in [9.17, 15) is 4.79 Å². The lowest BCUT2D eigenvalue weighted by Gasteiger charge is -2.16. The Kier molecular flexibility index (Phi) is 6.86. The van der Waals surface area contributed by atoms with Gasteiger partial charge >= 0.3 is 0 Å². The van der Waals surface area contributed by atoms with Crippen LogP contribution in [0.15, 0.2) is 54.6 Å². The van der Waals surface area contributed by atoms with Gasteiger partial charge in [0.2, 0.25) is 5.91 Å². The molecule has 1 N–H and O–H groups in total. The van der Waals surface area contributed by atoms with Gasteiger partial charge in [-0.25, -0.2) is 4.68 Å². The summed E-state index contributed by atoms with van der Waals surface area (Å²) in [6, 6.07) is 18.3. The predicted octanol–water partition coefficient (Wildman–Crippen LogP) is 6.31. The topological polar surface area (TPSA) is 46.9 Å². The predicted molar refractivity (Wildman–Crippen MR) is 120 cm³/mol. The summed E-state index contributed by atoms with van der Waals surface area (Å²) in [5, 5.41) is 8.01. The van der Waals surface area contributed by atoms with Gasteiger partial charge in [0.1, 0.15) is 5.82 Å². The molecular formula is C25H31N3O. The lowest BCUT2D eigenvalue weighted by Crippen LogP contribution is -2.23. The van der Waals surface area contributed by atoms with Gasteiger partial charge in [0.25, 0.3) is 0 Å². The molecule has 152 valence electrons. The van der Waals surface area contributed by atoms with Gasteiger partial charge in [-0.2, -0.15) is 5.10 Å². The average Bonchev–Trinajstić information content (AvgIpc) is 3.12. The van der Waals surface area contributed by atoms with Crippen molar-refractivity contribution in [2.45, 2.75) is 53.4 Å². The Morgan fingerprint density at radius 2 is 1.83 bits per heavy atom. The fraction of sp³-hybridized carbons (Fsp3) is 0.360. The molecule has 1 heterocycles. The lowest BCUT2D eigenvalue weighted by molar-refractivity contribution is -0.120. The number of carbonyl (C=O) groups is 1. The van der Waals surface area contributed by atoms with E-state index >= 15 is 0 Å². The number of nitrogens with zero attached hydrogens (tertiary/aromatic N) is 2. The highest BCUT2D eigenvalue weighted by Crippen LogP contribution is 2.27. The molecule has 1 amide bonds. The number of benzene rings is 2. The van der Waals surface area contributed by atoms with E-state index in [0.717, 1.165) is 54.0 Å². The molecule has 0 saturated carbocycles. The summed E-state index contributed by atoms with van der Waals surface area (Å²) in [7, 11) is 0. The summed E-state index contributed by atoms with van der Waals surface area (Å²) in [6.45, 7) is 8.40. The van der Waals surface area contributed by atoms with Crippen LogP contribution in [0, 0.1) is 19.8 Å². The van der Waals surface area contributed by atoms with Crippen LogP contribution in [0.4, 0.5) is 5.82 Å². The Morgan fingerprint density at radius 3 is 2.48 bits per heavy atom. The summed E-state index contributed by atoms with van der Waals surface area (Å²) in [5.41, 5.74) is 5.20. The summed E-state index contributed by atoms with van der Waals surface area (Å²) >= 11 is 0. The molecule has 0 aliphatic rings. The number of hydrogen-bond donors (Lipinski definition) is 1. The van der Waals surface area contributed by atoms with Crippen LogP contribution < -0.4 is 5.32 Å². The highest BCUT2D eigenvalue weighted by molar-refractivity contribution is 5.92. The minimum atomic E-state index is 0.0255. The molecule has 29 heavy (non-hydrogen) atoms. The van der Waals surface area contributed by atoms with E-state index in [1.807, 2.05) is 41.1 Å². The van der Waals surface area contributed by atoms with Crippen LogP contribution in [-0.4, -0.2) is 15.7 Å². The van der Waals surface area contributed by atoms with Crippen LogP contribution in [0.3, 0.4) is 0 Å². The molecular weight excluding hydrogens is 358 g/mol. The second-order valence-corrected chi connectivity index (χ2v) is 7.72. The van der Waals surface area contributed by atoms with Gasteiger partial charge in [0.15, 0.2) is 0 Å². The van der Waals surface area contributed by atoms with Crippen molar-refractivity contribution in [3.05, 3.63) is 65.7 Å². The van der Waals surface area contributed by atoms with Crippen LogP contribution >= 0.6 is 0 Å². The van der Waals surface area contributed by atoms with Gasteiger partial charge < -0.3 is 5.32 Å². The maximum absolute atomic E-state index is 13.0. The minimum Gasteiger partial charge on any atom is -0.310 e. The van der Waals surface area contributed by atoms with Gasteiger partial charge in [-0.05, 0) is 38.3 Å². The second kappa shape index (κ2) is 9.55. The number of hydrogen-bond acceptors (Lipinski definition) is 2. The Hall–Kier alpha value is -2.88. The summed E-state index contributed by atoms with van der Waals surface area (Å²) in [4.78, 5) is 13.0. The van der Waals surface area contributed by atoms with Crippen molar-refractivity contribution in [1.82, 2.24) is 9.78 Å². The molecule has 3 rings (SSSR count). The molecule has 0 aliphatic carbocycles. The fourth-order valence-corrected chi connectivity index (χ4v) is 3.65. The molecule has 0 aliphatic heterocycles. The first-order valence-corrected chi connectivity index (χ1v) is 10.6.